The SMILES string of the molecule is CC(C)(C)C(c1ccc(OCc2ccccn2)cc1)c1ccc(-c2n[nH][n+](N)n2)cn1.Cn1nnc(-c2ccc(C(c3ccc(OCc4ccccn4)cc3)C(C)(C)C)nc2)n1. The maximum atomic E-state index is 5.88. The zero-order valence-electron chi connectivity index (χ0n) is 36.1. The van der Waals surface area contributed by atoms with E-state index in [1.807, 2.05) is 91.1 Å². The summed E-state index contributed by atoms with van der Waals surface area (Å²) in [7, 11) is 1.75. The summed E-state index contributed by atoms with van der Waals surface area (Å²) in [4.78, 5) is 20.6. The first kappa shape index (κ1) is 42.7. The first-order valence-corrected chi connectivity index (χ1v) is 20.3. The quantitative estimate of drug-likeness (QED) is 0.0917. The van der Waals surface area contributed by atoms with Crippen molar-refractivity contribution in [1.29, 1.82) is 0 Å². The monoisotopic (exact) mass is 830 g/mol. The molecule has 0 amide bonds. The molecule has 6 aromatic heterocycles. The highest BCUT2D eigenvalue weighted by Crippen LogP contribution is 2.41. The fourth-order valence-electron chi connectivity index (χ4n) is 7.21. The normalized spacial score (nSPS) is 12.5. The average molecular weight is 831 g/mol. The number of aryl methyl sites for hydroxylation is 1. The van der Waals surface area contributed by atoms with Gasteiger partial charge in [0.15, 0.2) is 0 Å². The van der Waals surface area contributed by atoms with Crippen molar-refractivity contribution in [3.8, 4) is 34.3 Å². The van der Waals surface area contributed by atoms with E-state index in [4.69, 9.17) is 25.3 Å². The van der Waals surface area contributed by atoms with Crippen molar-refractivity contribution in [2.45, 2.75) is 66.6 Å². The molecular formula is C47H52N13O2+. The van der Waals surface area contributed by atoms with Crippen molar-refractivity contribution in [3.63, 3.8) is 0 Å². The van der Waals surface area contributed by atoms with Crippen molar-refractivity contribution >= 4 is 0 Å². The molecule has 0 spiro atoms. The summed E-state index contributed by atoms with van der Waals surface area (Å²) in [5.41, 5.74) is 7.75. The van der Waals surface area contributed by atoms with Gasteiger partial charge in [0, 0.05) is 63.6 Å². The number of ether oxygens (including phenoxy) is 2. The lowest BCUT2D eigenvalue weighted by atomic mass is 9.74. The highest BCUT2D eigenvalue weighted by atomic mass is 16.5. The van der Waals surface area contributed by atoms with Crippen LogP contribution in [0.4, 0.5) is 0 Å². The Balaban J connectivity index is 0.000000186. The summed E-state index contributed by atoms with van der Waals surface area (Å²) in [6, 6.07) is 36.1. The second-order valence-electron chi connectivity index (χ2n) is 17.0. The molecule has 6 heterocycles. The van der Waals surface area contributed by atoms with E-state index in [-0.39, 0.29) is 22.7 Å². The van der Waals surface area contributed by atoms with Crippen molar-refractivity contribution in [1.82, 2.24) is 55.6 Å². The van der Waals surface area contributed by atoms with Gasteiger partial charge in [0.1, 0.15) is 24.7 Å². The van der Waals surface area contributed by atoms with Crippen LogP contribution in [0.5, 0.6) is 11.5 Å². The minimum absolute atomic E-state index is 0.0182. The molecule has 0 fully saturated rings. The molecule has 0 bridgehead atoms. The molecule has 15 nitrogen and oxygen atoms in total. The first-order valence-electron chi connectivity index (χ1n) is 20.3. The predicted molar refractivity (Wildman–Crippen MR) is 235 cm³/mol. The van der Waals surface area contributed by atoms with Crippen LogP contribution in [0.15, 0.2) is 134 Å². The standard InChI is InChI=1S/C24H26N6O.C23H25N7O/c1-24(2,3)22(21-13-10-18(15-26-21)23-27-29-30(4)28-23)17-8-11-20(12-9-17)31-16-19-7-5-6-14-25-19;1-23(2,3)21(20-12-9-17(14-26-20)22-27-29-30(24)28-22)16-7-10-19(11-8-16)31-15-18-6-4-5-13-25-18/h5-15,22H,16H2,1-4H3;4-14,21H,15,24H2,1-3H3/p+1. The summed E-state index contributed by atoms with van der Waals surface area (Å²) in [5.74, 6) is 8.49. The number of aromatic amines is 1. The molecule has 2 unspecified atom stereocenters. The zero-order chi connectivity index (χ0) is 43.7. The lowest BCUT2D eigenvalue weighted by molar-refractivity contribution is -0.755. The van der Waals surface area contributed by atoms with Gasteiger partial charge in [-0.05, 0) is 105 Å². The molecule has 8 rings (SSSR count). The number of tetrazole rings is 2. The van der Waals surface area contributed by atoms with Crippen LogP contribution in [0, 0.1) is 10.8 Å². The van der Waals surface area contributed by atoms with E-state index < -0.39 is 0 Å². The highest BCUT2D eigenvalue weighted by Gasteiger charge is 2.31. The van der Waals surface area contributed by atoms with E-state index in [1.165, 1.54) is 15.9 Å². The van der Waals surface area contributed by atoms with Crippen LogP contribution in [0.25, 0.3) is 22.8 Å². The maximum Gasteiger partial charge on any atom is 0.343 e. The first-order chi connectivity index (χ1) is 29.8. The third kappa shape index (κ3) is 11.0. The van der Waals surface area contributed by atoms with E-state index in [1.54, 1.807) is 25.6 Å². The highest BCUT2D eigenvalue weighted by molar-refractivity contribution is 5.53. The summed E-state index contributed by atoms with van der Waals surface area (Å²) in [5, 5.41) is 22.9. The van der Waals surface area contributed by atoms with Gasteiger partial charge in [0.05, 0.1) is 29.1 Å². The van der Waals surface area contributed by atoms with Crippen molar-refractivity contribution in [2.75, 3.05) is 5.84 Å². The number of nitrogen functional groups attached to an aromatic ring is 1. The second kappa shape index (κ2) is 18.9. The number of nitrogens with two attached hydrogens (primary N) is 1. The molecule has 0 saturated carbocycles. The van der Waals surface area contributed by atoms with Crippen molar-refractivity contribution in [3.05, 3.63) is 168 Å². The Morgan fingerprint density at radius 3 is 1.45 bits per heavy atom. The summed E-state index contributed by atoms with van der Waals surface area (Å²) in [6.45, 7) is 14.2. The molecular weight excluding hydrogens is 779 g/mol. The van der Waals surface area contributed by atoms with Gasteiger partial charge in [-0.1, -0.05) is 77.9 Å². The van der Waals surface area contributed by atoms with Gasteiger partial charge < -0.3 is 9.47 Å². The number of rotatable bonds is 12. The molecule has 316 valence electrons. The van der Waals surface area contributed by atoms with Crippen molar-refractivity contribution < 1.29 is 14.4 Å². The Hall–Kier alpha value is -7.42. The van der Waals surface area contributed by atoms with Crippen LogP contribution >= 0.6 is 0 Å². The number of nitrogens with zero attached hydrogens (tertiary/aromatic N) is 11. The molecule has 2 atom stereocenters. The topological polar surface area (TPSA) is 185 Å². The van der Waals surface area contributed by atoms with Crippen LogP contribution in [0.2, 0.25) is 0 Å². The molecule has 15 heteroatoms. The molecule has 0 radical (unpaired) electrons. The average Bonchev–Trinajstić information content (AvgIpc) is 3.91. The third-order valence-corrected chi connectivity index (χ3v) is 10.0. The Morgan fingerprint density at radius 2 is 1.10 bits per heavy atom. The van der Waals surface area contributed by atoms with Gasteiger partial charge in [0.25, 0.3) is 0 Å². The van der Waals surface area contributed by atoms with E-state index in [9.17, 15) is 0 Å². The fraction of sp³-hybridized carbons (Fsp3) is 0.277. The largest absolute Gasteiger partial charge is 0.487 e. The Bertz CT molecular complexity index is 2420. The number of H-pyrrole nitrogens is 1. The van der Waals surface area contributed by atoms with E-state index in [0.29, 0.717) is 24.9 Å². The number of benzene rings is 2. The summed E-state index contributed by atoms with van der Waals surface area (Å²) < 4.78 is 11.8. The molecule has 3 N–H and O–H groups in total. The van der Waals surface area contributed by atoms with Gasteiger partial charge in [-0.2, -0.15) is 4.80 Å². The van der Waals surface area contributed by atoms with E-state index >= 15 is 0 Å². The Labute approximate surface area is 361 Å². The fourth-order valence-corrected chi connectivity index (χ4v) is 7.21. The Morgan fingerprint density at radius 1 is 0.613 bits per heavy atom. The van der Waals surface area contributed by atoms with E-state index in [0.717, 1.165) is 50.3 Å². The van der Waals surface area contributed by atoms with Crippen LogP contribution in [0.3, 0.4) is 0 Å². The number of hydrogen-bond acceptors (Lipinski definition) is 12. The number of aromatic nitrogens is 12. The van der Waals surface area contributed by atoms with E-state index in [2.05, 4.69) is 107 Å². The van der Waals surface area contributed by atoms with Gasteiger partial charge in [-0.15, -0.1) is 10.2 Å². The van der Waals surface area contributed by atoms with Crippen LogP contribution in [0.1, 0.15) is 87.3 Å². The van der Waals surface area contributed by atoms with Crippen LogP contribution in [-0.4, -0.2) is 55.6 Å². The number of hydrogen-bond donors (Lipinski definition) is 2. The van der Waals surface area contributed by atoms with Gasteiger partial charge in [-0.3, -0.25) is 19.9 Å². The number of nitrogens with one attached hydrogen (secondary N) is 1. The van der Waals surface area contributed by atoms with Crippen LogP contribution < -0.4 is 20.2 Å². The minimum atomic E-state index is -0.0320. The second-order valence-corrected chi connectivity index (χ2v) is 17.0. The third-order valence-electron chi connectivity index (χ3n) is 10.0. The van der Waals surface area contributed by atoms with Crippen LogP contribution in [-0.2, 0) is 20.3 Å². The molecule has 0 aliphatic heterocycles. The predicted octanol–water partition coefficient (Wildman–Crippen LogP) is 7.44. The summed E-state index contributed by atoms with van der Waals surface area (Å²) >= 11 is 0. The van der Waals surface area contributed by atoms with Gasteiger partial charge in [0.2, 0.25) is 5.82 Å². The maximum absolute atomic E-state index is 5.88. The lowest BCUT2D eigenvalue weighted by Gasteiger charge is -2.31. The molecule has 0 saturated heterocycles. The Kier molecular flexibility index (Phi) is 13.0. The molecule has 62 heavy (non-hydrogen) atoms. The van der Waals surface area contributed by atoms with Gasteiger partial charge in [-0.25, -0.2) is 5.84 Å². The summed E-state index contributed by atoms with van der Waals surface area (Å²) in [6.07, 6.45) is 7.13. The molecule has 2 aromatic carbocycles. The lowest BCUT2D eigenvalue weighted by Crippen LogP contribution is -2.49. The molecule has 0 aliphatic carbocycles. The number of pyridine rings is 4. The zero-order valence-corrected chi connectivity index (χ0v) is 36.1. The molecule has 8 aromatic rings. The minimum Gasteiger partial charge on any atom is -0.487 e. The van der Waals surface area contributed by atoms with Crippen molar-refractivity contribution in [2.24, 2.45) is 17.9 Å². The molecule has 0 aliphatic rings. The smallest absolute Gasteiger partial charge is 0.343 e. The van der Waals surface area contributed by atoms with Gasteiger partial charge >= 0.3 is 5.82 Å².